The molecule has 4 nitrogen and oxygen atoms in total. The van der Waals surface area contributed by atoms with E-state index in [1.54, 1.807) is 0 Å². The molecule has 2 fully saturated rings. The Bertz CT molecular complexity index is 457. The monoisotopic (exact) mass is 326 g/mol. The highest BCUT2D eigenvalue weighted by molar-refractivity contribution is 9.10. The van der Waals surface area contributed by atoms with Gasteiger partial charge in [-0.2, -0.15) is 5.10 Å². The molecule has 0 radical (unpaired) electrons. The van der Waals surface area contributed by atoms with E-state index in [1.807, 2.05) is 0 Å². The fourth-order valence-electron chi connectivity index (χ4n) is 3.39. The summed E-state index contributed by atoms with van der Waals surface area (Å²) in [7, 11) is 0. The number of halogens is 1. The number of likely N-dealkylation sites (tertiary alicyclic amines) is 1. The summed E-state index contributed by atoms with van der Waals surface area (Å²) < 4.78 is 3.33. The Morgan fingerprint density at radius 1 is 1.32 bits per heavy atom. The molecule has 0 saturated carbocycles. The quantitative estimate of drug-likeness (QED) is 0.925. The first-order valence-corrected chi connectivity index (χ1v) is 8.17. The predicted octanol–water partition coefficient (Wildman–Crippen LogP) is 2.30. The second kappa shape index (κ2) is 5.54. The fraction of sp³-hybridized carbons (Fsp3) is 0.786. The minimum Gasteiger partial charge on any atom is -0.310 e. The first-order chi connectivity index (χ1) is 9.17. The van der Waals surface area contributed by atoms with Gasteiger partial charge in [-0.25, -0.2) is 0 Å². The van der Waals surface area contributed by atoms with Crippen LogP contribution in [0.3, 0.4) is 0 Å². The van der Waals surface area contributed by atoms with Crippen LogP contribution in [-0.4, -0.2) is 39.9 Å². The van der Waals surface area contributed by atoms with Gasteiger partial charge in [-0.3, -0.25) is 9.58 Å². The smallest absolute Gasteiger partial charge is 0.0739 e. The lowest BCUT2D eigenvalue weighted by Crippen LogP contribution is -2.35. The molecule has 2 unspecified atom stereocenters. The van der Waals surface area contributed by atoms with Crippen molar-refractivity contribution in [3.63, 3.8) is 0 Å². The van der Waals surface area contributed by atoms with Gasteiger partial charge in [-0.1, -0.05) is 0 Å². The molecule has 0 spiro atoms. The number of rotatable bonds is 3. The van der Waals surface area contributed by atoms with E-state index < -0.39 is 0 Å². The van der Waals surface area contributed by atoms with Gasteiger partial charge in [0.1, 0.15) is 0 Å². The summed E-state index contributed by atoms with van der Waals surface area (Å²) in [5, 5.41) is 8.33. The van der Waals surface area contributed by atoms with Crippen molar-refractivity contribution in [3.8, 4) is 0 Å². The first-order valence-electron chi connectivity index (χ1n) is 7.37. The van der Waals surface area contributed by atoms with Gasteiger partial charge < -0.3 is 5.32 Å². The molecule has 2 saturated heterocycles. The zero-order valence-electron chi connectivity index (χ0n) is 11.8. The van der Waals surface area contributed by atoms with E-state index in [9.17, 15) is 0 Å². The number of fused-ring (bicyclic) bond motifs is 2. The van der Waals surface area contributed by atoms with Crippen LogP contribution in [0, 0.1) is 6.92 Å². The van der Waals surface area contributed by atoms with E-state index in [2.05, 4.69) is 49.8 Å². The summed E-state index contributed by atoms with van der Waals surface area (Å²) in [6.07, 6.45) is 4.00. The number of hydrogen-bond acceptors (Lipinski definition) is 3. The molecular formula is C14H23BrN4. The molecule has 2 bridgehead atoms. The van der Waals surface area contributed by atoms with Crippen molar-refractivity contribution in [2.45, 2.75) is 58.3 Å². The van der Waals surface area contributed by atoms with Gasteiger partial charge in [-0.05, 0) is 49.0 Å². The van der Waals surface area contributed by atoms with E-state index in [-0.39, 0.29) is 0 Å². The third-order valence-corrected chi connectivity index (χ3v) is 5.47. The maximum Gasteiger partial charge on any atom is 0.0739 e. The molecule has 0 amide bonds. The zero-order valence-corrected chi connectivity index (χ0v) is 13.4. The summed E-state index contributed by atoms with van der Waals surface area (Å²) >= 11 is 3.70. The molecule has 2 aliphatic heterocycles. The molecule has 2 aliphatic rings. The molecule has 2 atom stereocenters. The Kier molecular flexibility index (Phi) is 3.96. The van der Waals surface area contributed by atoms with Gasteiger partial charge in [0.2, 0.25) is 0 Å². The summed E-state index contributed by atoms with van der Waals surface area (Å²) in [4.78, 5) is 2.59. The number of nitrogens with one attached hydrogen (secondary N) is 1. The lowest BCUT2D eigenvalue weighted by atomic mass is 10.1. The van der Waals surface area contributed by atoms with E-state index in [4.69, 9.17) is 0 Å². The standard InChI is InChI=1S/C14H23BrN4/c1-3-19-13(14(15)10(2)17-19)9-18-7-6-11-4-5-12(8-18)16-11/h11-12,16H,3-9H2,1-2H3. The number of aromatic nitrogens is 2. The molecule has 1 aromatic rings. The molecule has 1 aromatic heterocycles. The lowest BCUT2D eigenvalue weighted by molar-refractivity contribution is 0.243. The largest absolute Gasteiger partial charge is 0.310 e. The highest BCUT2D eigenvalue weighted by Gasteiger charge is 2.29. The molecule has 0 aliphatic carbocycles. The molecular weight excluding hydrogens is 304 g/mol. The zero-order chi connectivity index (χ0) is 13.4. The van der Waals surface area contributed by atoms with Gasteiger partial charge in [-0.15, -0.1) is 0 Å². The van der Waals surface area contributed by atoms with Crippen LogP contribution in [0.2, 0.25) is 0 Å². The van der Waals surface area contributed by atoms with Gasteiger partial charge in [0.05, 0.1) is 15.9 Å². The van der Waals surface area contributed by atoms with Crippen LogP contribution in [0.25, 0.3) is 0 Å². The van der Waals surface area contributed by atoms with Crippen LogP contribution in [-0.2, 0) is 13.1 Å². The van der Waals surface area contributed by atoms with Crippen LogP contribution in [0.5, 0.6) is 0 Å². The normalized spacial score (nSPS) is 27.7. The Balaban J connectivity index is 1.74. The SMILES string of the molecule is CCn1nc(C)c(Br)c1CN1CCC2CCC(C1)N2. The van der Waals surface area contributed by atoms with Crippen LogP contribution >= 0.6 is 15.9 Å². The Labute approximate surface area is 123 Å². The molecule has 0 aromatic carbocycles. The summed E-state index contributed by atoms with van der Waals surface area (Å²) in [5.41, 5.74) is 2.43. The average Bonchev–Trinajstić information content (AvgIpc) is 2.86. The summed E-state index contributed by atoms with van der Waals surface area (Å²) in [6.45, 7) is 8.57. The van der Waals surface area contributed by atoms with E-state index in [0.717, 1.165) is 24.8 Å². The highest BCUT2D eigenvalue weighted by Crippen LogP contribution is 2.25. The Hall–Kier alpha value is -0.390. The second-order valence-corrected chi connectivity index (χ2v) is 6.62. The lowest BCUT2D eigenvalue weighted by Gasteiger charge is -2.24. The van der Waals surface area contributed by atoms with Crippen LogP contribution < -0.4 is 5.32 Å². The maximum atomic E-state index is 4.59. The summed E-state index contributed by atoms with van der Waals surface area (Å²) in [5.74, 6) is 0. The van der Waals surface area contributed by atoms with Gasteiger partial charge in [0.25, 0.3) is 0 Å². The van der Waals surface area contributed by atoms with Crippen LogP contribution in [0.4, 0.5) is 0 Å². The van der Waals surface area contributed by atoms with Gasteiger partial charge in [0, 0.05) is 38.3 Å². The topological polar surface area (TPSA) is 33.1 Å². The molecule has 19 heavy (non-hydrogen) atoms. The first kappa shape index (κ1) is 13.6. The van der Waals surface area contributed by atoms with Crippen molar-refractivity contribution in [2.24, 2.45) is 0 Å². The summed E-state index contributed by atoms with van der Waals surface area (Å²) in [6, 6.07) is 1.46. The molecule has 3 heterocycles. The van der Waals surface area contributed by atoms with Gasteiger partial charge >= 0.3 is 0 Å². The molecule has 1 N–H and O–H groups in total. The fourth-order valence-corrected chi connectivity index (χ4v) is 3.80. The van der Waals surface area contributed by atoms with E-state index >= 15 is 0 Å². The van der Waals surface area contributed by atoms with Crippen molar-refractivity contribution in [3.05, 3.63) is 15.9 Å². The average molecular weight is 327 g/mol. The number of hydrogen-bond donors (Lipinski definition) is 1. The van der Waals surface area contributed by atoms with Crippen LogP contribution in [0.15, 0.2) is 4.47 Å². The molecule has 5 heteroatoms. The van der Waals surface area contributed by atoms with Crippen LogP contribution in [0.1, 0.15) is 37.6 Å². The minimum atomic E-state index is 0.699. The van der Waals surface area contributed by atoms with Crippen molar-refractivity contribution in [1.29, 1.82) is 0 Å². The molecule has 3 rings (SSSR count). The minimum absolute atomic E-state index is 0.699. The molecule has 106 valence electrons. The van der Waals surface area contributed by atoms with Crippen molar-refractivity contribution < 1.29 is 0 Å². The second-order valence-electron chi connectivity index (χ2n) is 5.82. The van der Waals surface area contributed by atoms with Gasteiger partial charge in [0.15, 0.2) is 0 Å². The van der Waals surface area contributed by atoms with E-state index in [1.165, 1.54) is 42.5 Å². The number of aryl methyl sites for hydroxylation is 2. The van der Waals surface area contributed by atoms with Crippen molar-refractivity contribution in [1.82, 2.24) is 20.0 Å². The maximum absolute atomic E-state index is 4.59. The predicted molar refractivity (Wildman–Crippen MR) is 80.2 cm³/mol. The van der Waals surface area contributed by atoms with E-state index in [0.29, 0.717) is 6.04 Å². The Morgan fingerprint density at radius 2 is 2.11 bits per heavy atom. The third kappa shape index (κ3) is 2.73. The van der Waals surface area contributed by atoms with Crippen molar-refractivity contribution >= 4 is 15.9 Å². The van der Waals surface area contributed by atoms with Crippen molar-refractivity contribution in [2.75, 3.05) is 13.1 Å². The third-order valence-electron chi connectivity index (χ3n) is 4.43. The number of nitrogens with zero attached hydrogens (tertiary/aromatic N) is 3. The Morgan fingerprint density at radius 3 is 2.89 bits per heavy atom. The highest BCUT2D eigenvalue weighted by atomic mass is 79.9.